The van der Waals surface area contributed by atoms with Crippen LogP contribution in [0.4, 0.5) is 0 Å². The summed E-state index contributed by atoms with van der Waals surface area (Å²) in [6.07, 6.45) is 15.1. The van der Waals surface area contributed by atoms with Gasteiger partial charge >= 0.3 is 0 Å². The van der Waals surface area contributed by atoms with E-state index in [1.807, 2.05) is 4.90 Å². The van der Waals surface area contributed by atoms with Crippen LogP contribution in [-0.4, -0.2) is 42.3 Å². The number of carbonyl (C=O) groups excluding carboxylic acids is 2. The third-order valence-electron chi connectivity index (χ3n) is 10.1. The second kappa shape index (κ2) is 7.76. The second-order valence-electron chi connectivity index (χ2n) is 11.4. The predicted molar refractivity (Wildman–Crippen MR) is 119 cm³/mol. The number of rotatable bonds is 3. The molecule has 0 radical (unpaired) electrons. The third kappa shape index (κ3) is 3.29. The largest absolute Gasteiger partial charge is 0.342 e. The van der Waals surface area contributed by atoms with Gasteiger partial charge in [0.1, 0.15) is 5.78 Å². The first kappa shape index (κ1) is 20.7. The summed E-state index contributed by atoms with van der Waals surface area (Å²) < 4.78 is 0. The van der Waals surface area contributed by atoms with Gasteiger partial charge in [0, 0.05) is 31.0 Å². The lowest BCUT2D eigenvalue weighted by atomic mass is 9.49. The predicted octanol–water partition coefficient (Wildman–Crippen LogP) is 4.49. The maximum absolute atomic E-state index is 12.6. The zero-order valence-corrected chi connectivity index (χ0v) is 19.0. The Kier molecular flexibility index (Phi) is 5.36. The molecule has 0 aromatic carbocycles. The van der Waals surface area contributed by atoms with E-state index in [0.29, 0.717) is 35.6 Å². The van der Waals surface area contributed by atoms with Crippen LogP contribution in [-0.2, 0) is 9.59 Å². The molecule has 3 saturated carbocycles. The van der Waals surface area contributed by atoms with Gasteiger partial charge in [-0.3, -0.25) is 9.59 Å². The number of ketones is 1. The van der Waals surface area contributed by atoms with E-state index in [2.05, 4.69) is 25.2 Å². The first-order valence-corrected chi connectivity index (χ1v) is 12.7. The molecule has 30 heavy (non-hydrogen) atoms. The normalized spacial score (nSPS) is 43.5. The highest BCUT2D eigenvalue weighted by molar-refractivity contribution is 5.87. The molecule has 1 aliphatic heterocycles. The summed E-state index contributed by atoms with van der Waals surface area (Å²) in [7, 11) is 0. The molecule has 1 heterocycles. The van der Waals surface area contributed by atoms with Gasteiger partial charge in [-0.05, 0) is 81.0 Å². The SMILES string of the molecule is CC12CCC3C(CC=C4CC(NCC(=O)N5CCCC5)CCCC43C)C1CCC2=O. The van der Waals surface area contributed by atoms with E-state index < -0.39 is 0 Å². The van der Waals surface area contributed by atoms with Crippen LogP contribution < -0.4 is 5.32 Å². The highest BCUT2D eigenvalue weighted by atomic mass is 16.2. The summed E-state index contributed by atoms with van der Waals surface area (Å²) >= 11 is 0. The average molecular weight is 413 g/mol. The smallest absolute Gasteiger partial charge is 0.236 e. The van der Waals surface area contributed by atoms with E-state index >= 15 is 0 Å². The molecule has 166 valence electrons. The van der Waals surface area contributed by atoms with Crippen molar-refractivity contribution in [3.63, 3.8) is 0 Å². The number of nitrogens with zero attached hydrogens (tertiary/aromatic N) is 1. The van der Waals surface area contributed by atoms with E-state index in [0.717, 1.165) is 57.5 Å². The first-order chi connectivity index (χ1) is 14.4. The van der Waals surface area contributed by atoms with Crippen molar-refractivity contribution >= 4 is 11.7 Å². The minimum Gasteiger partial charge on any atom is -0.342 e. The fraction of sp³-hybridized carbons (Fsp3) is 0.846. The van der Waals surface area contributed by atoms with Gasteiger partial charge in [0.15, 0.2) is 0 Å². The Morgan fingerprint density at radius 1 is 1.07 bits per heavy atom. The zero-order chi connectivity index (χ0) is 20.9. The van der Waals surface area contributed by atoms with Crippen LogP contribution in [0.3, 0.4) is 0 Å². The van der Waals surface area contributed by atoms with Crippen molar-refractivity contribution in [2.75, 3.05) is 19.6 Å². The van der Waals surface area contributed by atoms with Crippen molar-refractivity contribution in [2.24, 2.45) is 28.6 Å². The molecule has 5 rings (SSSR count). The Balaban J connectivity index is 1.28. The molecule has 0 spiro atoms. The number of hydrogen-bond acceptors (Lipinski definition) is 3. The number of Topliss-reactive ketones (excluding diaryl/α,β-unsaturated/α-hetero) is 1. The maximum atomic E-state index is 12.6. The molecule has 4 fully saturated rings. The van der Waals surface area contributed by atoms with Crippen LogP contribution in [0, 0.1) is 28.6 Å². The first-order valence-electron chi connectivity index (χ1n) is 12.7. The lowest BCUT2D eigenvalue weighted by Crippen LogP contribution is -2.49. The van der Waals surface area contributed by atoms with Gasteiger partial charge in [-0.15, -0.1) is 0 Å². The fourth-order valence-electron chi connectivity index (χ4n) is 8.16. The van der Waals surface area contributed by atoms with Crippen molar-refractivity contribution < 1.29 is 9.59 Å². The molecule has 6 atom stereocenters. The van der Waals surface area contributed by atoms with Crippen LogP contribution in [0.5, 0.6) is 0 Å². The molecular formula is C26H40N2O2. The number of carbonyl (C=O) groups is 2. The van der Waals surface area contributed by atoms with E-state index in [9.17, 15) is 9.59 Å². The maximum Gasteiger partial charge on any atom is 0.236 e. The summed E-state index contributed by atoms with van der Waals surface area (Å²) in [5.74, 6) is 2.87. The Morgan fingerprint density at radius 2 is 1.83 bits per heavy atom. The van der Waals surface area contributed by atoms with Gasteiger partial charge in [0.25, 0.3) is 0 Å². The quantitative estimate of drug-likeness (QED) is 0.695. The van der Waals surface area contributed by atoms with Gasteiger partial charge < -0.3 is 10.2 Å². The molecule has 5 aliphatic rings. The topological polar surface area (TPSA) is 49.4 Å². The van der Waals surface area contributed by atoms with Crippen molar-refractivity contribution in [1.29, 1.82) is 0 Å². The van der Waals surface area contributed by atoms with Crippen molar-refractivity contribution in [3.05, 3.63) is 11.6 Å². The minimum absolute atomic E-state index is 0.0341. The number of hydrogen-bond donors (Lipinski definition) is 1. The summed E-state index contributed by atoms with van der Waals surface area (Å²) in [5, 5.41) is 3.63. The van der Waals surface area contributed by atoms with Crippen LogP contribution in [0.15, 0.2) is 11.6 Å². The number of likely N-dealkylation sites (tertiary alicyclic amines) is 1. The molecule has 4 heteroatoms. The molecule has 6 unspecified atom stereocenters. The number of nitrogens with one attached hydrogen (secondary N) is 1. The van der Waals surface area contributed by atoms with Crippen LogP contribution in [0.25, 0.3) is 0 Å². The van der Waals surface area contributed by atoms with Crippen molar-refractivity contribution in [1.82, 2.24) is 10.2 Å². The summed E-state index contributed by atoms with van der Waals surface area (Å²) in [4.78, 5) is 27.2. The second-order valence-corrected chi connectivity index (χ2v) is 11.4. The van der Waals surface area contributed by atoms with E-state index in [-0.39, 0.29) is 11.3 Å². The van der Waals surface area contributed by atoms with Gasteiger partial charge in [0.2, 0.25) is 5.91 Å². The standard InChI is InChI=1S/C26H40N2O2/c1-25-12-5-6-19(27-17-24(30)28-14-3-4-15-28)16-18(25)7-8-20-21-9-10-23(29)26(21,2)13-11-22(20)25/h7,19-22,27H,3-6,8-17H2,1-2H3. The minimum atomic E-state index is -0.0341. The molecule has 0 bridgehead atoms. The highest BCUT2D eigenvalue weighted by Crippen LogP contribution is 2.63. The van der Waals surface area contributed by atoms with E-state index in [1.165, 1.54) is 32.1 Å². The van der Waals surface area contributed by atoms with Crippen molar-refractivity contribution in [3.8, 4) is 0 Å². The Labute approximate surface area is 182 Å². The zero-order valence-electron chi connectivity index (χ0n) is 19.0. The van der Waals surface area contributed by atoms with Gasteiger partial charge in [-0.2, -0.15) is 0 Å². The van der Waals surface area contributed by atoms with E-state index in [1.54, 1.807) is 5.57 Å². The lowest BCUT2D eigenvalue weighted by molar-refractivity contribution is -0.131. The molecule has 1 amide bonds. The van der Waals surface area contributed by atoms with Gasteiger partial charge in [-0.25, -0.2) is 0 Å². The monoisotopic (exact) mass is 412 g/mol. The van der Waals surface area contributed by atoms with Crippen LogP contribution in [0.1, 0.15) is 84.5 Å². The Hall–Kier alpha value is -1.16. The Bertz CT molecular complexity index is 739. The van der Waals surface area contributed by atoms with Crippen LogP contribution in [0.2, 0.25) is 0 Å². The molecule has 0 aromatic heterocycles. The summed E-state index contributed by atoms with van der Waals surface area (Å²) in [6.45, 7) is 7.20. The molecule has 1 N–H and O–H groups in total. The Morgan fingerprint density at radius 3 is 2.63 bits per heavy atom. The summed E-state index contributed by atoms with van der Waals surface area (Å²) in [5.41, 5.74) is 1.92. The molecule has 4 nitrogen and oxygen atoms in total. The molecular weight excluding hydrogens is 372 g/mol. The van der Waals surface area contributed by atoms with Gasteiger partial charge in [-0.1, -0.05) is 31.9 Å². The number of fused-ring (bicyclic) bond motifs is 5. The molecule has 0 aromatic rings. The number of amides is 1. The van der Waals surface area contributed by atoms with Gasteiger partial charge in [0.05, 0.1) is 6.54 Å². The molecule has 4 aliphatic carbocycles. The molecule has 1 saturated heterocycles. The highest BCUT2D eigenvalue weighted by Gasteiger charge is 2.58. The average Bonchev–Trinajstić information content (AvgIpc) is 3.32. The lowest BCUT2D eigenvalue weighted by Gasteiger charge is -2.55. The third-order valence-corrected chi connectivity index (χ3v) is 10.1. The van der Waals surface area contributed by atoms with E-state index in [4.69, 9.17) is 0 Å². The van der Waals surface area contributed by atoms with Crippen molar-refractivity contribution in [2.45, 2.75) is 90.5 Å². The number of allylic oxidation sites excluding steroid dienone is 1. The summed E-state index contributed by atoms with van der Waals surface area (Å²) in [6, 6.07) is 0.433. The van der Waals surface area contributed by atoms with Crippen LogP contribution >= 0.6 is 0 Å². The fourth-order valence-corrected chi connectivity index (χ4v) is 8.16.